The molecule has 2 unspecified atom stereocenters. The summed E-state index contributed by atoms with van der Waals surface area (Å²) in [5.41, 5.74) is 5.89. The lowest BCUT2D eigenvalue weighted by Gasteiger charge is -2.30. The number of hydrogen-bond acceptors (Lipinski definition) is 2. The van der Waals surface area contributed by atoms with Gasteiger partial charge >= 0.3 is 0 Å². The molecule has 2 heteroatoms. The van der Waals surface area contributed by atoms with Crippen molar-refractivity contribution in [1.82, 2.24) is 0 Å². The highest BCUT2D eigenvalue weighted by atomic mass is 16.5. The van der Waals surface area contributed by atoms with Gasteiger partial charge in [0.1, 0.15) is 0 Å². The predicted molar refractivity (Wildman–Crippen MR) is 64.8 cm³/mol. The molecule has 0 amide bonds. The summed E-state index contributed by atoms with van der Waals surface area (Å²) in [4.78, 5) is 0. The molecule has 2 nitrogen and oxygen atoms in total. The van der Waals surface area contributed by atoms with Gasteiger partial charge in [-0.05, 0) is 31.1 Å². The smallest absolute Gasteiger partial charge is 0.0806 e. The van der Waals surface area contributed by atoms with Crippen LogP contribution in [0.15, 0.2) is 0 Å². The van der Waals surface area contributed by atoms with Gasteiger partial charge in [-0.15, -0.1) is 0 Å². The van der Waals surface area contributed by atoms with Crippen molar-refractivity contribution in [3.8, 4) is 0 Å². The SMILES string of the molecule is CCC(CC)COC1(CN)CCC(C)C1. The zero-order chi connectivity index (χ0) is 11.3. The molecule has 15 heavy (non-hydrogen) atoms. The largest absolute Gasteiger partial charge is 0.373 e. The van der Waals surface area contributed by atoms with Crippen LogP contribution in [0.3, 0.4) is 0 Å². The van der Waals surface area contributed by atoms with Crippen molar-refractivity contribution in [2.75, 3.05) is 13.2 Å². The van der Waals surface area contributed by atoms with Crippen LogP contribution in [0.25, 0.3) is 0 Å². The molecule has 2 N–H and O–H groups in total. The molecule has 0 radical (unpaired) electrons. The Morgan fingerprint density at radius 2 is 2.07 bits per heavy atom. The van der Waals surface area contributed by atoms with Crippen molar-refractivity contribution in [3.05, 3.63) is 0 Å². The Morgan fingerprint density at radius 3 is 2.47 bits per heavy atom. The molecular weight excluding hydrogens is 186 g/mol. The molecule has 1 rings (SSSR count). The molecule has 1 aliphatic carbocycles. The molecule has 0 aromatic carbocycles. The lowest BCUT2D eigenvalue weighted by Crippen LogP contribution is -2.39. The third kappa shape index (κ3) is 3.46. The van der Waals surface area contributed by atoms with Crippen LogP contribution in [0, 0.1) is 11.8 Å². The molecular formula is C13H27NO. The Balaban J connectivity index is 2.40. The minimum absolute atomic E-state index is 0.0159. The molecule has 0 aromatic rings. The van der Waals surface area contributed by atoms with E-state index in [4.69, 9.17) is 10.5 Å². The summed E-state index contributed by atoms with van der Waals surface area (Å²) in [5.74, 6) is 1.50. The maximum absolute atomic E-state index is 6.13. The van der Waals surface area contributed by atoms with Crippen LogP contribution in [-0.2, 0) is 4.74 Å². The van der Waals surface area contributed by atoms with E-state index >= 15 is 0 Å². The standard InChI is InChI=1S/C13H27NO/c1-4-12(5-2)9-15-13(10-14)7-6-11(3)8-13/h11-12H,4-10,14H2,1-3H3. The van der Waals surface area contributed by atoms with Crippen LogP contribution in [0.4, 0.5) is 0 Å². The van der Waals surface area contributed by atoms with Gasteiger partial charge in [0, 0.05) is 6.54 Å². The van der Waals surface area contributed by atoms with Gasteiger partial charge in [-0.3, -0.25) is 0 Å². The molecule has 0 aromatic heterocycles. The number of rotatable bonds is 6. The maximum atomic E-state index is 6.13. The first kappa shape index (κ1) is 13.0. The van der Waals surface area contributed by atoms with E-state index in [0.29, 0.717) is 12.5 Å². The normalized spacial score (nSPS) is 31.4. The third-order valence-corrected chi connectivity index (χ3v) is 3.97. The summed E-state index contributed by atoms with van der Waals surface area (Å²) in [6.45, 7) is 8.38. The van der Waals surface area contributed by atoms with Gasteiger partial charge < -0.3 is 10.5 Å². The van der Waals surface area contributed by atoms with Crippen LogP contribution in [0.1, 0.15) is 52.9 Å². The molecule has 0 aliphatic heterocycles. The molecule has 2 atom stereocenters. The van der Waals surface area contributed by atoms with E-state index in [0.717, 1.165) is 25.4 Å². The predicted octanol–water partition coefficient (Wildman–Crippen LogP) is 2.96. The Morgan fingerprint density at radius 1 is 1.40 bits per heavy atom. The average molecular weight is 213 g/mol. The van der Waals surface area contributed by atoms with Crippen LogP contribution in [0.2, 0.25) is 0 Å². The fourth-order valence-electron chi connectivity index (χ4n) is 2.54. The quantitative estimate of drug-likeness (QED) is 0.736. The van der Waals surface area contributed by atoms with E-state index in [1.807, 2.05) is 0 Å². The van der Waals surface area contributed by atoms with Crippen LogP contribution in [0.5, 0.6) is 0 Å². The second-order valence-electron chi connectivity index (χ2n) is 5.23. The van der Waals surface area contributed by atoms with Crippen molar-refractivity contribution in [1.29, 1.82) is 0 Å². The summed E-state index contributed by atoms with van der Waals surface area (Å²) in [6.07, 6.45) is 6.02. The van der Waals surface area contributed by atoms with Gasteiger partial charge in [-0.25, -0.2) is 0 Å². The summed E-state index contributed by atoms with van der Waals surface area (Å²) < 4.78 is 6.13. The maximum Gasteiger partial charge on any atom is 0.0806 e. The van der Waals surface area contributed by atoms with E-state index in [9.17, 15) is 0 Å². The molecule has 0 saturated heterocycles. The highest BCUT2D eigenvalue weighted by Gasteiger charge is 2.37. The van der Waals surface area contributed by atoms with E-state index in [-0.39, 0.29) is 5.60 Å². The van der Waals surface area contributed by atoms with E-state index < -0.39 is 0 Å². The lowest BCUT2D eigenvalue weighted by molar-refractivity contribution is -0.0529. The first-order chi connectivity index (χ1) is 7.15. The molecule has 0 heterocycles. The minimum Gasteiger partial charge on any atom is -0.373 e. The summed E-state index contributed by atoms with van der Waals surface area (Å²) in [7, 11) is 0. The number of ether oxygens (including phenoxy) is 1. The fourth-order valence-corrected chi connectivity index (χ4v) is 2.54. The Bertz CT molecular complexity index is 179. The molecule has 1 fully saturated rings. The van der Waals surface area contributed by atoms with Crippen LogP contribution < -0.4 is 5.73 Å². The molecule has 1 aliphatic rings. The highest BCUT2D eigenvalue weighted by molar-refractivity contribution is 4.90. The zero-order valence-corrected chi connectivity index (χ0v) is 10.6. The second-order valence-corrected chi connectivity index (χ2v) is 5.23. The topological polar surface area (TPSA) is 35.2 Å². The first-order valence-electron chi connectivity index (χ1n) is 6.49. The van der Waals surface area contributed by atoms with Crippen molar-refractivity contribution in [3.63, 3.8) is 0 Å². The number of nitrogens with two attached hydrogens (primary N) is 1. The van der Waals surface area contributed by atoms with E-state index in [1.54, 1.807) is 0 Å². The van der Waals surface area contributed by atoms with E-state index in [1.165, 1.54) is 19.3 Å². The summed E-state index contributed by atoms with van der Waals surface area (Å²) >= 11 is 0. The Labute approximate surface area is 94.6 Å². The van der Waals surface area contributed by atoms with Crippen LogP contribution >= 0.6 is 0 Å². The van der Waals surface area contributed by atoms with Gasteiger partial charge in [0.15, 0.2) is 0 Å². The molecule has 1 saturated carbocycles. The van der Waals surface area contributed by atoms with Crippen molar-refractivity contribution in [2.24, 2.45) is 17.6 Å². The van der Waals surface area contributed by atoms with Crippen molar-refractivity contribution >= 4 is 0 Å². The average Bonchev–Trinajstić information content (AvgIpc) is 2.63. The van der Waals surface area contributed by atoms with Gasteiger partial charge in [0.05, 0.1) is 12.2 Å². The second kappa shape index (κ2) is 5.86. The Kier molecular flexibility index (Phi) is 5.07. The summed E-state index contributed by atoms with van der Waals surface area (Å²) in [5, 5.41) is 0. The fraction of sp³-hybridized carbons (Fsp3) is 1.00. The lowest BCUT2D eigenvalue weighted by atomic mass is 9.99. The van der Waals surface area contributed by atoms with Crippen LogP contribution in [-0.4, -0.2) is 18.8 Å². The molecule has 0 bridgehead atoms. The van der Waals surface area contributed by atoms with Crippen molar-refractivity contribution in [2.45, 2.75) is 58.5 Å². The monoisotopic (exact) mass is 213 g/mol. The Hall–Kier alpha value is -0.0800. The third-order valence-electron chi connectivity index (χ3n) is 3.97. The zero-order valence-electron chi connectivity index (χ0n) is 10.6. The van der Waals surface area contributed by atoms with Crippen molar-refractivity contribution < 1.29 is 4.74 Å². The van der Waals surface area contributed by atoms with Gasteiger partial charge in [-0.1, -0.05) is 33.6 Å². The highest BCUT2D eigenvalue weighted by Crippen LogP contribution is 2.37. The van der Waals surface area contributed by atoms with Gasteiger partial charge in [0.2, 0.25) is 0 Å². The first-order valence-corrected chi connectivity index (χ1v) is 6.49. The number of hydrogen-bond donors (Lipinski definition) is 1. The molecule has 90 valence electrons. The molecule has 0 spiro atoms. The van der Waals surface area contributed by atoms with Gasteiger partial charge in [0.25, 0.3) is 0 Å². The van der Waals surface area contributed by atoms with E-state index in [2.05, 4.69) is 20.8 Å². The minimum atomic E-state index is 0.0159. The summed E-state index contributed by atoms with van der Waals surface area (Å²) in [6, 6.07) is 0. The van der Waals surface area contributed by atoms with Gasteiger partial charge in [-0.2, -0.15) is 0 Å².